The van der Waals surface area contributed by atoms with Gasteiger partial charge in [-0.05, 0) is 42.5 Å². The largest absolute Gasteiger partial charge is 0.496 e. The molecule has 18 heavy (non-hydrogen) atoms. The van der Waals surface area contributed by atoms with Crippen molar-refractivity contribution in [3.63, 3.8) is 0 Å². The van der Waals surface area contributed by atoms with Crippen LogP contribution < -0.4 is 10.5 Å². The van der Waals surface area contributed by atoms with Gasteiger partial charge in [-0.15, -0.1) is 0 Å². The molecule has 0 fully saturated rings. The Labute approximate surface area is 114 Å². The Bertz CT molecular complexity index is 579. The Kier molecular flexibility index (Phi) is 3.67. The van der Waals surface area contributed by atoms with E-state index in [1.165, 1.54) is 0 Å². The first-order chi connectivity index (χ1) is 8.61. The second-order valence-corrected chi connectivity index (χ2v) is 4.71. The fraction of sp³-hybridized carbons (Fsp3) is 0.0714. The van der Waals surface area contributed by atoms with E-state index >= 15 is 0 Å². The molecule has 0 bridgehead atoms. The Morgan fingerprint density at radius 3 is 2.44 bits per heavy atom. The molecule has 4 heteroatoms. The summed E-state index contributed by atoms with van der Waals surface area (Å²) >= 11 is 3.34. The molecule has 0 atom stereocenters. The van der Waals surface area contributed by atoms with Crippen molar-refractivity contribution in [2.75, 3.05) is 12.8 Å². The minimum atomic E-state index is -0.0839. The number of hydrogen-bond donors (Lipinski definition) is 1. The quantitative estimate of drug-likeness (QED) is 0.699. The fourth-order valence-electron chi connectivity index (χ4n) is 1.64. The third-order valence-electron chi connectivity index (χ3n) is 2.58. The molecule has 0 aromatic heterocycles. The first kappa shape index (κ1) is 12.6. The van der Waals surface area contributed by atoms with Crippen LogP contribution in [0.1, 0.15) is 15.9 Å². The zero-order chi connectivity index (χ0) is 13.1. The number of ketones is 1. The maximum absolute atomic E-state index is 12.3. The zero-order valence-electron chi connectivity index (χ0n) is 9.81. The van der Waals surface area contributed by atoms with Gasteiger partial charge in [-0.3, -0.25) is 4.79 Å². The van der Waals surface area contributed by atoms with Crippen LogP contribution in [-0.4, -0.2) is 12.9 Å². The SMILES string of the molecule is COc1cc(Br)ccc1C(=O)c1ccc(N)cc1. The normalized spacial score (nSPS) is 10.1. The number of halogens is 1. The van der Waals surface area contributed by atoms with E-state index in [4.69, 9.17) is 10.5 Å². The molecule has 0 heterocycles. The van der Waals surface area contributed by atoms with Gasteiger partial charge < -0.3 is 10.5 Å². The van der Waals surface area contributed by atoms with Crippen molar-refractivity contribution in [2.24, 2.45) is 0 Å². The van der Waals surface area contributed by atoms with Gasteiger partial charge in [-0.1, -0.05) is 15.9 Å². The van der Waals surface area contributed by atoms with E-state index in [9.17, 15) is 4.79 Å². The molecule has 0 spiro atoms. The van der Waals surface area contributed by atoms with E-state index in [0.717, 1.165) is 4.47 Å². The smallest absolute Gasteiger partial charge is 0.196 e. The van der Waals surface area contributed by atoms with Crippen molar-refractivity contribution in [3.05, 3.63) is 58.1 Å². The van der Waals surface area contributed by atoms with Crippen LogP contribution >= 0.6 is 15.9 Å². The Balaban J connectivity index is 2.42. The lowest BCUT2D eigenvalue weighted by molar-refractivity contribution is 0.103. The number of methoxy groups -OCH3 is 1. The monoisotopic (exact) mass is 305 g/mol. The summed E-state index contributed by atoms with van der Waals surface area (Å²) in [7, 11) is 1.54. The van der Waals surface area contributed by atoms with Gasteiger partial charge in [-0.25, -0.2) is 0 Å². The molecule has 92 valence electrons. The summed E-state index contributed by atoms with van der Waals surface area (Å²) in [5.74, 6) is 0.463. The number of nitrogen functional groups attached to an aromatic ring is 1. The Morgan fingerprint density at radius 1 is 1.17 bits per heavy atom. The van der Waals surface area contributed by atoms with Crippen LogP contribution in [0.5, 0.6) is 5.75 Å². The Morgan fingerprint density at radius 2 is 1.83 bits per heavy atom. The molecule has 0 amide bonds. The summed E-state index contributed by atoms with van der Waals surface area (Å²) in [6, 6.07) is 12.1. The lowest BCUT2D eigenvalue weighted by atomic mass is 10.0. The maximum atomic E-state index is 12.3. The zero-order valence-corrected chi connectivity index (χ0v) is 11.4. The van der Waals surface area contributed by atoms with Gasteiger partial charge in [0.25, 0.3) is 0 Å². The molecule has 0 unspecified atom stereocenters. The number of hydrogen-bond acceptors (Lipinski definition) is 3. The van der Waals surface area contributed by atoms with Gasteiger partial charge >= 0.3 is 0 Å². The van der Waals surface area contributed by atoms with Crippen LogP contribution in [0.15, 0.2) is 46.9 Å². The van der Waals surface area contributed by atoms with Crippen molar-refractivity contribution in [3.8, 4) is 5.75 Å². The summed E-state index contributed by atoms with van der Waals surface area (Å²) < 4.78 is 6.09. The molecule has 0 aliphatic carbocycles. The summed E-state index contributed by atoms with van der Waals surface area (Å²) in [5.41, 5.74) is 7.35. The van der Waals surface area contributed by atoms with E-state index in [0.29, 0.717) is 22.6 Å². The number of rotatable bonds is 3. The van der Waals surface area contributed by atoms with Gasteiger partial charge in [0.05, 0.1) is 12.7 Å². The standard InChI is InChI=1S/C14H12BrNO2/c1-18-13-8-10(15)4-7-12(13)14(17)9-2-5-11(16)6-3-9/h2-8H,16H2,1H3. The lowest BCUT2D eigenvalue weighted by Gasteiger charge is -2.08. The lowest BCUT2D eigenvalue weighted by Crippen LogP contribution is -2.04. The van der Waals surface area contributed by atoms with Crippen molar-refractivity contribution in [1.29, 1.82) is 0 Å². The van der Waals surface area contributed by atoms with Crippen LogP contribution in [0.3, 0.4) is 0 Å². The first-order valence-corrected chi connectivity index (χ1v) is 6.15. The topological polar surface area (TPSA) is 52.3 Å². The number of carbonyl (C=O) groups excluding carboxylic acids is 1. The molecule has 0 saturated carbocycles. The molecule has 0 radical (unpaired) electrons. The van der Waals surface area contributed by atoms with Gasteiger partial charge in [0.15, 0.2) is 5.78 Å². The summed E-state index contributed by atoms with van der Waals surface area (Å²) in [6.07, 6.45) is 0. The molecule has 2 rings (SSSR count). The van der Waals surface area contributed by atoms with Gasteiger partial charge in [0.1, 0.15) is 5.75 Å². The minimum Gasteiger partial charge on any atom is -0.496 e. The molecule has 0 saturated heterocycles. The minimum absolute atomic E-state index is 0.0839. The molecular weight excluding hydrogens is 294 g/mol. The van der Waals surface area contributed by atoms with Crippen molar-refractivity contribution >= 4 is 27.4 Å². The highest BCUT2D eigenvalue weighted by molar-refractivity contribution is 9.10. The molecule has 2 N–H and O–H groups in total. The molecular formula is C14H12BrNO2. The molecule has 0 aliphatic heterocycles. The second kappa shape index (κ2) is 5.23. The molecule has 2 aromatic carbocycles. The Hall–Kier alpha value is -1.81. The summed E-state index contributed by atoms with van der Waals surface area (Å²) in [5, 5.41) is 0. The van der Waals surface area contributed by atoms with E-state index < -0.39 is 0 Å². The van der Waals surface area contributed by atoms with Gasteiger partial charge in [-0.2, -0.15) is 0 Å². The number of anilines is 1. The molecule has 3 nitrogen and oxygen atoms in total. The van der Waals surface area contributed by atoms with Crippen molar-refractivity contribution in [1.82, 2.24) is 0 Å². The van der Waals surface area contributed by atoms with Crippen LogP contribution in [0.4, 0.5) is 5.69 Å². The third kappa shape index (κ3) is 2.54. The van der Waals surface area contributed by atoms with Crippen LogP contribution in [0.25, 0.3) is 0 Å². The van der Waals surface area contributed by atoms with Crippen LogP contribution in [-0.2, 0) is 0 Å². The predicted molar refractivity (Wildman–Crippen MR) is 75.0 cm³/mol. The summed E-state index contributed by atoms with van der Waals surface area (Å²) in [6.45, 7) is 0. The van der Waals surface area contributed by atoms with E-state index in [2.05, 4.69) is 15.9 Å². The van der Waals surface area contributed by atoms with E-state index in [-0.39, 0.29) is 5.78 Å². The number of benzene rings is 2. The first-order valence-electron chi connectivity index (χ1n) is 5.35. The number of carbonyl (C=O) groups is 1. The number of nitrogens with two attached hydrogens (primary N) is 1. The van der Waals surface area contributed by atoms with Crippen molar-refractivity contribution in [2.45, 2.75) is 0 Å². The molecule has 0 aliphatic rings. The number of ether oxygens (including phenoxy) is 1. The third-order valence-corrected chi connectivity index (χ3v) is 3.07. The van der Waals surface area contributed by atoms with Crippen LogP contribution in [0.2, 0.25) is 0 Å². The highest BCUT2D eigenvalue weighted by atomic mass is 79.9. The molecule has 2 aromatic rings. The van der Waals surface area contributed by atoms with Crippen molar-refractivity contribution < 1.29 is 9.53 Å². The highest BCUT2D eigenvalue weighted by Crippen LogP contribution is 2.25. The van der Waals surface area contributed by atoms with Crippen LogP contribution in [0, 0.1) is 0 Å². The average Bonchev–Trinajstić information content (AvgIpc) is 2.38. The van der Waals surface area contributed by atoms with Gasteiger partial charge in [0.2, 0.25) is 0 Å². The predicted octanol–water partition coefficient (Wildman–Crippen LogP) is 3.27. The maximum Gasteiger partial charge on any atom is 0.196 e. The van der Waals surface area contributed by atoms with E-state index in [1.807, 2.05) is 6.07 Å². The summed E-state index contributed by atoms with van der Waals surface area (Å²) in [4.78, 5) is 12.3. The average molecular weight is 306 g/mol. The van der Waals surface area contributed by atoms with E-state index in [1.54, 1.807) is 43.5 Å². The highest BCUT2D eigenvalue weighted by Gasteiger charge is 2.14. The fourth-order valence-corrected chi connectivity index (χ4v) is 1.98. The van der Waals surface area contributed by atoms with Gasteiger partial charge in [0, 0.05) is 15.7 Å². The second-order valence-electron chi connectivity index (χ2n) is 3.80.